The van der Waals surface area contributed by atoms with Crippen LogP contribution in [-0.4, -0.2) is 24.9 Å². The highest BCUT2D eigenvalue weighted by atomic mass is 32.1. The maximum Gasteiger partial charge on any atom is 0.383 e. The third-order valence-corrected chi connectivity index (χ3v) is 4.95. The Hall–Kier alpha value is -2.03. The van der Waals surface area contributed by atoms with Crippen molar-refractivity contribution in [1.29, 1.82) is 0 Å². The summed E-state index contributed by atoms with van der Waals surface area (Å²) >= 11 is 0.756. The lowest BCUT2D eigenvalue weighted by Gasteiger charge is -2.24. The number of thiophene rings is 1. The smallest absolute Gasteiger partial charge is 0.383 e. The maximum atomic E-state index is 14.0. The second kappa shape index (κ2) is 5.48. The number of ether oxygens (including phenoxy) is 1. The Morgan fingerprint density at radius 3 is 2.00 bits per heavy atom. The molecule has 0 N–H and O–H groups in total. The van der Waals surface area contributed by atoms with Crippen molar-refractivity contribution in [3.63, 3.8) is 0 Å². The molecule has 1 nitrogen and oxygen atoms in total. The molecule has 0 unspecified atom stereocenters. The second-order valence-corrected chi connectivity index (χ2v) is 6.31. The van der Waals surface area contributed by atoms with Gasteiger partial charge in [-0.1, -0.05) is 41.7 Å². The van der Waals surface area contributed by atoms with Crippen LogP contribution in [0.3, 0.4) is 0 Å². The van der Waals surface area contributed by atoms with Gasteiger partial charge < -0.3 is 4.74 Å². The van der Waals surface area contributed by atoms with Gasteiger partial charge in [-0.15, -0.1) is 0 Å². The highest BCUT2D eigenvalue weighted by molar-refractivity contribution is 7.17. The van der Waals surface area contributed by atoms with E-state index in [0.717, 1.165) is 24.5 Å². The molecule has 1 heterocycles. The molecule has 2 aromatic rings. The van der Waals surface area contributed by atoms with Crippen molar-refractivity contribution in [2.24, 2.45) is 0 Å². The molecular weight excluding hydrogens is 373 g/mol. The molecule has 134 valence electrons. The monoisotopic (exact) mass is 382 g/mol. The van der Waals surface area contributed by atoms with Gasteiger partial charge in [-0.3, -0.25) is 0 Å². The van der Waals surface area contributed by atoms with Gasteiger partial charge in [-0.25, -0.2) is 4.39 Å². The minimum Gasteiger partial charge on any atom is -0.487 e. The lowest BCUT2D eigenvalue weighted by molar-refractivity contribution is -0.263. The van der Waals surface area contributed by atoms with Crippen molar-refractivity contribution < 1.29 is 35.5 Å². The minimum atomic E-state index is -5.88. The third-order valence-electron chi connectivity index (χ3n) is 3.81. The molecule has 0 bridgehead atoms. The summed E-state index contributed by atoms with van der Waals surface area (Å²) < 4.78 is 100. The van der Waals surface area contributed by atoms with Crippen molar-refractivity contribution >= 4 is 16.9 Å². The van der Waals surface area contributed by atoms with Gasteiger partial charge in [0.1, 0.15) is 0 Å². The lowest BCUT2D eigenvalue weighted by atomic mass is 10.0. The molecule has 1 aliphatic rings. The molecule has 0 spiro atoms. The summed E-state index contributed by atoms with van der Waals surface area (Å²) in [6.45, 7) is 0. The van der Waals surface area contributed by atoms with E-state index in [4.69, 9.17) is 4.74 Å². The molecule has 0 atom stereocenters. The van der Waals surface area contributed by atoms with Crippen molar-refractivity contribution in [3.8, 4) is 15.5 Å². The first kappa shape index (κ1) is 17.8. The molecule has 1 aromatic heterocycles. The summed E-state index contributed by atoms with van der Waals surface area (Å²) in [4.78, 5) is 0.280. The number of halogens is 7. The molecule has 0 saturated heterocycles. The maximum absolute atomic E-state index is 14.0. The van der Waals surface area contributed by atoms with E-state index in [2.05, 4.69) is 0 Å². The van der Waals surface area contributed by atoms with Crippen LogP contribution >= 0.6 is 11.3 Å². The van der Waals surface area contributed by atoms with E-state index in [0.29, 0.717) is 5.56 Å². The summed E-state index contributed by atoms with van der Waals surface area (Å²) in [6.07, 6.45) is 0. The Morgan fingerprint density at radius 2 is 1.52 bits per heavy atom. The van der Waals surface area contributed by atoms with E-state index in [1.807, 2.05) is 0 Å². The van der Waals surface area contributed by atoms with Crippen LogP contribution in [0.5, 0.6) is 5.06 Å². The largest absolute Gasteiger partial charge is 0.487 e. The molecule has 0 aliphatic heterocycles. The number of hydrogen-bond acceptors (Lipinski definition) is 2. The van der Waals surface area contributed by atoms with E-state index in [-0.39, 0.29) is 9.94 Å². The Balaban J connectivity index is 2.23. The fourth-order valence-corrected chi connectivity index (χ4v) is 3.50. The average Bonchev–Trinajstić information content (AvgIpc) is 3.01. The topological polar surface area (TPSA) is 9.23 Å². The third kappa shape index (κ3) is 2.28. The second-order valence-electron chi connectivity index (χ2n) is 5.29. The molecule has 0 radical (unpaired) electrons. The lowest BCUT2D eigenvalue weighted by Crippen LogP contribution is -2.48. The van der Waals surface area contributed by atoms with E-state index < -0.39 is 34.7 Å². The Morgan fingerprint density at radius 1 is 0.920 bits per heavy atom. The number of benzene rings is 1. The summed E-state index contributed by atoms with van der Waals surface area (Å²) in [5.41, 5.74) is -2.35. The number of rotatable bonds is 3. The summed E-state index contributed by atoms with van der Waals surface area (Å²) in [5.74, 6) is -19.7. The highest BCUT2D eigenvalue weighted by Crippen LogP contribution is 2.63. The summed E-state index contributed by atoms with van der Waals surface area (Å²) in [7, 11) is 1.05. The van der Waals surface area contributed by atoms with Gasteiger partial charge in [0.2, 0.25) is 0 Å². The van der Waals surface area contributed by atoms with Crippen molar-refractivity contribution in [2.45, 2.75) is 17.8 Å². The summed E-state index contributed by atoms with van der Waals surface area (Å²) in [5, 5.41) is -0.364. The molecule has 0 amide bonds. The van der Waals surface area contributed by atoms with Gasteiger partial charge in [-0.05, 0) is 11.6 Å². The molecule has 3 rings (SSSR count). The average molecular weight is 382 g/mol. The number of allylic oxidation sites excluding steroid dienone is 2. The quantitative estimate of drug-likeness (QED) is 0.590. The van der Waals surface area contributed by atoms with Gasteiger partial charge in [-0.2, -0.15) is 26.3 Å². The first-order valence-corrected chi connectivity index (χ1v) is 7.65. The standard InChI is InChI=1S/C16H9F7OS/c1-24-13-9(7-10(25-13)8-5-3-2-4-6-8)11-12(17)15(20,21)16(22,23)14(11,18)19/h2-7H,1H3. The summed E-state index contributed by atoms with van der Waals surface area (Å²) in [6, 6.07) is 9.08. The zero-order chi connectivity index (χ0) is 18.6. The number of hydrogen-bond donors (Lipinski definition) is 0. The first-order valence-electron chi connectivity index (χ1n) is 6.83. The van der Waals surface area contributed by atoms with Crippen LogP contribution in [0, 0.1) is 0 Å². The molecule has 0 saturated carbocycles. The van der Waals surface area contributed by atoms with E-state index in [1.54, 1.807) is 30.3 Å². The molecular formula is C16H9F7OS. The van der Waals surface area contributed by atoms with Gasteiger partial charge >= 0.3 is 17.8 Å². The SMILES string of the molecule is COc1sc(-c2ccccc2)cc1C1=C(F)C(F)(F)C(F)(F)C1(F)F. The Labute approximate surface area is 141 Å². The van der Waals surface area contributed by atoms with Crippen LogP contribution < -0.4 is 4.74 Å². The fourth-order valence-electron chi connectivity index (χ4n) is 2.52. The normalized spacial score (nSPS) is 20.8. The predicted molar refractivity (Wildman–Crippen MR) is 79.2 cm³/mol. The van der Waals surface area contributed by atoms with E-state index in [1.165, 1.54) is 0 Å². The van der Waals surface area contributed by atoms with Crippen LogP contribution in [-0.2, 0) is 0 Å². The number of methoxy groups -OCH3 is 1. The molecule has 9 heteroatoms. The minimum absolute atomic E-state index is 0.280. The highest BCUT2D eigenvalue weighted by Gasteiger charge is 2.81. The van der Waals surface area contributed by atoms with Crippen molar-refractivity contribution in [3.05, 3.63) is 47.8 Å². The Kier molecular flexibility index (Phi) is 3.90. The molecule has 1 aromatic carbocycles. The van der Waals surface area contributed by atoms with Gasteiger partial charge in [0.25, 0.3) is 0 Å². The predicted octanol–water partition coefficient (Wildman–Crippen LogP) is 6.02. The van der Waals surface area contributed by atoms with E-state index >= 15 is 0 Å². The van der Waals surface area contributed by atoms with Gasteiger partial charge in [0.05, 0.1) is 12.7 Å². The van der Waals surface area contributed by atoms with E-state index in [9.17, 15) is 30.7 Å². The van der Waals surface area contributed by atoms with Crippen LogP contribution in [0.1, 0.15) is 5.56 Å². The zero-order valence-corrected chi connectivity index (χ0v) is 13.2. The van der Waals surface area contributed by atoms with Crippen LogP contribution in [0.15, 0.2) is 42.2 Å². The Bertz CT molecular complexity index is 839. The number of alkyl halides is 6. The zero-order valence-electron chi connectivity index (χ0n) is 12.4. The van der Waals surface area contributed by atoms with Gasteiger partial charge in [0, 0.05) is 10.4 Å². The molecule has 1 aliphatic carbocycles. The van der Waals surface area contributed by atoms with Crippen molar-refractivity contribution in [1.82, 2.24) is 0 Å². The van der Waals surface area contributed by atoms with Gasteiger partial charge in [0.15, 0.2) is 10.9 Å². The van der Waals surface area contributed by atoms with Crippen LogP contribution in [0.25, 0.3) is 16.0 Å². The fraction of sp³-hybridized carbons (Fsp3) is 0.250. The van der Waals surface area contributed by atoms with Crippen LogP contribution in [0.4, 0.5) is 30.7 Å². The molecule has 25 heavy (non-hydrogen) atoms. The molecule has 0 fully saturated rings. The van der Waals surface area contributed by atoms with Crippen LogP contribution in [0.2, 0.25) is 0 Å². The van der Waals surface area contributed by atoms with Crippen molar-refractivity contribution in [2.75, 3.05) is 7.11 Å². The first-order chi connectivity index (χ1) is 11.6.